The summed E-state index contributed by atoms with van der Waals surface area (Å²) in [5.74, 6) is -1.77. The van der Waals surface area contributed by atoms with Crippen LogP contribution in [-0.2, 0) is 25.7 Å². The number of nitrogens with two attached hydrogens (primary N) is 1. The number of aliphatic hydroxyl groups is 1. The van der Waals surface area contributed by atoms with Crippen molar-refractivity contribution >= 4 is 35.0 Å². The monoisotopic (exact) mass is 674 g/mol. The zero-order valence-electron chi connectivity index (χ0n) is 27.6. The lowest BCUT2D eigenvalue weighted by molar-refractivity contribution is -0.145. The molecule has 258 valence electrons. The quantitative estimate of drug-likeness (QED) is 0.179. The fraction of sp³-hybridized carbons (Fsp3) is 0.606. The molecule has 14 heteroatoms. The summed E-state index contributed by atoms with van der Waals surface area (Å²) >= 11 is 1.48. The number of benzene rings is 1. The van der Waals surface area contributed by atoms with Gasteiger partial charge >= 0.3 is 0 Å². The number of aryl methyl sites for hydroxylation is 1. The van der Waals surface area contributed by atoms with Gasteiger partial charge in [0.25, 0.3) is 11.8 Å². The van der Waals surface area contributed by atoms with Gasteiger partial charge in [-0.2, -0.15) is 0 Å². The molecule has 0 spiro atoms. The normalized spacial score (nSPS) is 19.2. The molecule has 1 aliphatic heterocycles. The number of rotatable bonds is 15. The number of nitrogens with zero attached hydrogens (tertiary/aromatic N) is 2. The second-order valence-corrected chi connectivity index (χ2v) is 14.3. The molecule has 0 bridgehead atoms. The van der Waals surface area contributed by atoms with E-state index < -0.39 is 47.0 Å². The summed E-state index contributed by atoms with van der Waals surface area (Å²) in [6, 6.07) is 3.39. The van der Waals surface area contributed by atoms with Gasteiger partial charge < -0.3 is 36.4 Å². The molecule has 1 saturated carbocycles. The van der Waals surface area contributed by atoms with Gasteiger partial charge in [-0.05, 0) is 56.2 Å². The van der Waals surface area contributed by atoms with E-state index in [1.54, 1.807) is 38.4 Å². The van der Waals surface area contributed by atoms with Crippen LogP contribution in [0.3, 0.4) is 0 Å². The van der Waals surface area contributed by atoms with E-state index in [1.165, 1.54) is 16.2 Å². The summed E-state index contributed by atoms with van der Waals surface area (Å²) in [5.41, 5.74) is 6.83. The average Bonchev–Trinajstić information content (AvgIpc) is 3.43. The van der Waals surface area contributed by atoms with Crippen LogP contribution in [0.2, 0.25) is 0 Å². The van der Waals surface area contributed by atoms with Crippen LogP contribution in [0.25, 0.3) is 10.4 Å². The van der Waals surface area contributed by atoms with Crippen LogP contribution in [0.4, 0.5) is 4.39 Å². The van der Waals surface area contributed by atoms with Gasteiger partial charge in [0.1, 0.15) is 17.8 Å². The highest BCUT2D eigenvalue weighted by molar-refractivity contribution is 7.13. The molecule has 0 radical (unpaired) electrons. The molecule has 4 rings (SSSR count). The third-order valence-electron chi connectivity index (χ3n) is 8.44. The fourth-order valence-corrected chi connectivity index (χ4v) is 6.24. The van der Waals surface area contributed by atoms with Crippen molar-refractivity contribution in [1.29, 1.82) is 0 Å². The number of alkyl halides is 1. The predicted octanol–water partition coefficient (Wildman–Crippen LogP) is 2.35. The van der Waals surface area contributed by atoms with E-state index in [1.807, 2.05) is 13.0 Å². The molecule has 3 atom stereocenters. The molecule has 6 N–H and O–H groups in total. The Bertz CT molecular complexity index is 1440. The molecule has 2 aliphatic rings. The minimum absolute atomic E-state index is 0.00777. The zero-order valence-corrected chi connectivity index (χ0v) is 28.4. The Hall–Kier alpha value is -3.62. The number of likely N-dealkylation sites (tertiary alicyclic amines) is 1. The van der Waals surface area contributed by atoms with Gasteiger partial charge in [-0.15, -0.1) is 11.3 Å². The van der Waals surface area contributed by atoms with Crippen molar-refractivity contribution in [3.8, 4) is 16.2 Å². The Morgan fingerprint density at radius 2 is 1.94 bits per heavy atom. The maximum absolute atomic E-state index is 14.5. The number of hydrogen-bond acceptors (Lipinski definition) is 9. The highest BCUT2D eigenvalue weighted by Crippen LogP contribution is 2.40. The number of amides is 4. The average molecular weight is 675 g/mol. The minimum atomic E-state index is -1.97. The maximum atomic E-state index is 14.5. The number of hydrogen-bond donors (Lipinski definition) is 5. The van der Waals surface area contributed by atoms with Crippen LogP contribution in [0, 0.1) is 12.3 Å². The first-order valence-corrected chi connectivity index (χ1v) is 17.0. The van der Waals surface area contributed by atoms with Crippen LogP contribution in [0.5, 0.6) is 5.75 Å². The van der Waals surface area contributed by atoms with E-state index in [-0.39, 0.29) is 44.9 Å². The summed E-state index contributed by atoms with van der Waals surface area (Å²) in [4.78, 5) is 58.9. The number of ether oxygens (including phenoxy) is 1. The summed E-state index contributed by atoms with van der Waals surface area (Å²) in [7, 11) is 0. The number of carbonyl (C=O) groups is 4. The van der Waals surface area contributed by atoms with E-state index >= 15 is 0 Å². The summed E-state index contributed by atoms with van der Waals surface area (Å²) < 4.78 is 20.4. The second-order valence-electron chi connectivity index (χ2n) is 13.4. The number of carbonyl (C=O) groups excluding carboxylic acids is 4. The number of β-amino-alcohol motifs (C(OH)–C–C–N with tert-alkyl or cyclic N) is 1. The van der Waals surface area contributed by atoms with E-state index in [4.69, 9.17) is 10.5 Å². The molecular formula is C33H47FN6O6S. The van der Waals surface area contributed by atoms with Crippen LogP contribution in [0.15, 0.2) is 23.7 Å². The van der Waals surface area contributed by atoms with Crippen LogP contribution < -0.4 is 26.4 Å². The van der Waals surface area contributed by atoms with Crippen molar-refractivity contribution in [2.45, 2.75) is 96.6 Å². The van der Waals surface area contributed by atoms with Crippen molar-refractivity contribution in [3.63, 3.8) is 0 Å². The van der Waals surface area contributed by atoms with E-state index in [0.717, 1.165) is 35.4 Å². The largest absolute Gasteiger partial charge is 0.483 e. The van der Waals surface area contributed by atoms with Crippen molar-refractivity contribution in [2.75, 3.05) is 26.2 Å². The van der Waals surface area contributed by atoms with Crippen molar-refractivity contribution < 1.29 is 33.4 Å². The second kappa shape index (κ2) is 15.5. The Morgan fingerprint density at radius 1 is 1.19 bits per heavy atom. The first-order chi connectivity index (χ1) is 22.2. The molecular weight excluding hydrogens is 627 g/mol. The first-order valence-electron chi connectivity index (χ1n) is 16.1. The van der Waals surface area contributed by atoms with E-state index in [9.17, 15) is 28.7 Å². The van der Waals surface area contributed by atoms with Crippen LogP contribution in [0.1, 0.15) is 70.6 Å². The van der Waals surface area contributed by atoms with Crippen LogP contribution >= 0.6 is 11.3 Å². The third kappa shape index (κ3) is 9.48. The lowest BCUT2D eigenvalue weighted by Crippen LogP contribution is -2.59. The lowest BCUT2D eigenvalue weighted by Gasteiger charge is -2.35. The van der Waals surface area contributed by atoms with Gasteiger partial charge in [-0.1, -0.05) is 39.3 Å². The molecule has 2 heterocycles. The third-order valence-corrected chi connectivity index (χ3v) is 9.42. The van der Waals surface area contributed by atoms with Crippen molar-refractivity contribution in [2.24, 2.45) is 11.1 Å². The molecule has 1 aliphatic carbocycles. The van der Waals surface area contributed by atoms with Gasteiger partial charge in [0.2, 0.25) is 11.8 Å². The number of nitrogens with one attached hydrogen (secondary N) is 3. The van der Waals surface area contributed by atoms with Crippen molar-refractivity contribution in [3.05, 3.63) is 35.0 Å². The molecule has 12 nitrogen and oxygen atoms in total. The first kappa shape index (κ1) is 36.2. The van der Waals surface area contributed by atoms with Gasteiger partial charge in [0.05, 0.1) is 22.2 Å². The molecule has 1 aromatic carbocycles. The van der Waals surface area contributed by atoms with Gasteiger partial charge in [-0.25, -0.2) is 9.37 Å². The molecule has 2 fully saturated rings. The zero-order chi connectivity index (χ0) is 34.4. The number of unbranched alkanes of at least 4 members (excludes halogenated alkanes) is 2. The smallest absolute Gasteiger partial charge is 0.258 e. The Labute approximate surface area is 279 Å². The Morgan fingerprint density at radius 3 is 2.57 bits per heavy atom. The van der Waals surface area contributed by atoms with E-state index in [2.05, 4.69) is 20.9 Å². The summed E-state index contributed by atoms with van der Waals surface area (Å²) in [6.07, 6.45) is 1.90. The molecule has 1 aromatic heterocycles. The van der Waals surface area contributed by atoms with Gasteiger partial charge in [0, 0.05) is 31.6 Å². The topological polar surface area (TPSA) is 176 Å². The lowest BCUT2D eigenvalue weighted by atomic mass is 9.85. The molecule has 1 unspecified atom stereocenters. The number of thiazole rings is 1. The van der Waals surface area contributed by atoms with Gasteiger partial charge in [-0.3, -0.25) is 19.2 Å². The van der Waals surface area contributed by atoms with Gasteiger partial charge in [0.15, 0.2) is 12.3 Å². The Balaban J connectivity index is 1.46. The number of aliphatic hydroxyl groups excluding tert-OH is 1. The minimum Gasteiger partial charge on any atom is -0.483 e. The molecule has 47 heavy (non-hydrogen) atoms. The predicted molar refractivity (Wildman–Crippen MR) is 176 cm³/mol. The summed E-state index contributed by atoms with van der Waals surface area (Å²) in [6.45, 7) is 7.97. The standard InChI is InChI=1S/C33H47FN6O6S/c1-20-27(47-19-38-20)21-8-9-22(25(14-21)46-18-26(42)36-13-7-5-6-12-35)16-37-29(43)24-15-23(41)17-40(24)30(44)28(32(2,3)4)39-31(45)33(34)10-11-33/h8-9,14,19,23-24,28,41H,5-7,10-13,15-18,35H2,1-4H3,(H,36,42)(H,37,43)(H,39,45)/t23-,24?,28-/m1/s1. The fourth-order valence-electron chi connectivity index (χ4n) is 5.44. The molecule has 2 aromatic rings. The highest BCUT2D eigenvalue weighted by atomic mass is 32.1. The maximum Gasteiger partial charge on any atom is 0.258 e. The SMILES string of the molecule is Cc1ncsc1-c1ccc(CNC(=O)C2C[C@@H](O)CN2C(=O)[C@@H](NC(=O)C2(F)CC2)C(C)(C)C)c(OCC(=O)NCCCCCN)c1. The highest BCUT2D eigenvalue weighted by Gasteiger charge is 2.53. The van der Waals surface area contributed by atoms with Crippen LogP contribution in [-0.4, -0.2) is 88.7 Å². The van der Waals surface area contributed by atoms with Crippen molar-refractivity contribution in [1.82, 2.24) is 25.8 Å². The number of aromatic nitrogens is 1. The Kier molecular flexibility index (Phi) is 12.0. The molecule has 4 amide bonds. The summed E-state index contributed by atoms with van der Waals surface area (Å²) in [5, 5.41) is 18.7. The van der Waals surface area contributed by atoms with E-state index in [0.29, 0.717) is 24.4 Å². The number of halogens is 1. The molecule has 1 saturated heterocycles.